The maximum absolute atomic E-state index is 14.4. The molecule has 0 unspecified atom stereocenters. The first-order valence-corrected chi connectivity index (χ1v) is 28.4. The third-order valence-corrected chi connectivity index (χ3v) is 15.7. The number of carbonyl (C=O) groups excluding carboxylic acids is 3. The standard InChI is InChI=1S/C64H61NO13S2/c66-59(48-30-16-5-17-31-48)76-54-52(75-63(80-64-65-36-37-79-64)58(78-61(68)50-34-20-7-21-35-50)56(54)77-60(67)49-32-18-6-19-33-49)43-73-62-57(72-41-47-28-14-4-15-29-47)55(71-40-46-26-12-3-13-27-46)53(70-39-45-24-10-2-11-25-45)51(74-62)42-69-38-44-22-8-1-9-23-44/h1-35,51-58,62-63H,36-43H2/t51-,52-,53-,54-,55+,56+,57-,58-,62+,63+/m1/s1. The molecule has 7 aromatic carbocycles. The van der Waals surface area contributed by atoms with Crippen LogP contribution in [0.4, 0.5) is 0 Å². The minimum atomic E-state index is -1.47. The van der Waals surface area contributed by atoms with E-state index in [4.69, 9.17) is 52.4 Å². The van der Waals surface area contributed by atoms with Gasteiger partial charge in [0.15, 0.2) is 30.0 Å². The predicted molar refractivity (Wildman–Crippen MR) is 304 cm³/mol. The van der Waals surface area contributed by atoms with Crippen LogP contribution in [0.15, 0.2) is 217 Å². The van der Waals surface area contributed by atoms with Crippen LogP contribution >= 0.6 is 23.5 Å². The topological polar surface area (TPSA) is 156 Å². The number of thioether (sulfide) groups is 2. The molecule has 0 radical (unpaired) electrons. The monoisotopic (exact) mass is 1120 g/mol. The van der Waals surface area contributed by atoms with Crippen LogP contribution < -0.4 is 0 Å². The number of esters is 3. The van der Waals surface area contributed by atoms with E-state index in [2.05, 4.69) is 0 Å². The minimum Gasteiger partial charge on any atom is -0.452 e. The maximum Gasteiger partial charge on any atom is 0.338 e. The Labute approximate surface area is 474 Å². The molecule has 14 nitrogen and oxygen atoms in total. The third kappa shape index (κ3) is 15.5. The van der Waals surface area contributed by atoms with E-state index < -0.39 is 78.5 Å². The predicted octanol–water partition coefficient (Wildman–Crippen LogP) is 10.9. The van der Waals surface area contributed by atoms with Crippen LogP contribution in [0.1, 0.15) is 53.3 Å². The van der Waals surface area contributed by atoms with Gasteiger partial charge in [-0.3, -0.25) is 4.99 Å². The van der Waals surface area contributed by atoms with E-state index in [1.54, 1.807) is 91.0 Å². The van der Waals surface area contributed by atoms with Crippen LogP contribution in [0.3, 0.4) is 0 Å². The van der Waals surface area contributed by atoms with Crippen molar-refractivity contribution in [3.63, 3.8) is 0 Å². The van der Waals surface area contributed by atoms with Gasteiger partial charge in [0.2, 0.25) is 0 Å². The fourth-order valence-corrected chi connectivity index (χ4v) is 11.6. The van der Waals surface area contributed by atoms with Crippen molar-refractivity contribution in [1.82, 2.24) is 0 Å². The molecule has 80 heavy (non-hydrogen) atoms. The smallest absolute Gasteiger partial charge is 0.338 e. The molecule has 2 saturated heterocycles. The summed E-state index contributed by atoms with van der Waals surface area (Å²) in [5, 5.41) is 0. The Morgan fingerprint density at radius 1 is 0.425 bits per heavy atom. The average Bonchev–Trinajstić information content (AvgIpc) is 4.09. The fraction of sp³-hybridized carbons (Fsp3) is 0.281. The molecular formula is C64H61NO13S2. The number of rotatable bonds is 23. The van der Waals surface area contributed by atoms with Crippen LogP contribution in [0.25, 0.3) is 0 Å². The van der Waals surface area contributed by atoms with Gasteiger partial charge in [0.05, 0.1) is 62.9 Å². The minimum absolute atomic E-state index is 0.0620. The normalized spacial score (nSPS) is 23.6. The highest BCUT2D eigenvalue weighted by atomic mass is 32.2. The van der Waals surface area contributed by atoms with E-state index in [9.17, 15) is 14.4 Å². The number of benzene rings is 7. The molecule has 0 spiro atoms. The second-order valence-electron chi connectivity index (χ2n) is 19.0. The van der Waals surface area contributed by atoms with Gasteiger partial charge >= 0.3 is 17.9 Å². The molecule has 10 atom stereocenters. The largest absolute Gasteiger partial charge is 0.452 e. The summed E-state index contributed by atoms with van der Waals surface area (Å²) in [5.74, 6) is -1.49. The maximum atomic E-state index is 14.4. The number of ether oxygens (including phenoxy) is 10. The Morgan fingerprint density at radius 3 is 1.29 bits per heavy atom. The van der Waals surface area contributed by atoms with Crippen molar-refractivity contribution in [1.29, 1.82) is 0 Å². The zero-order chi connectivity index (χ0) is 54.7. The summed E-state index contributed by atoms with van der Waals surface area (Å²) in [4.78, 5) is 47.8. The van der Waals surface area contributed by atoms with Gasteiger partial charge in [-0.15, -0.1) is 0 Å². The van der Waals surface area contributed by atoms with E-state index in [1.807, 2.05) is 121 Å². The summed E-state index contributed by atoms with van der Waals surface area (Å²) in [6.07, 6.45) is -10.1. The molecule has 3 heterocycles. The Balaban J connectivity index is 1.04. The SMILES string of the molecule is O=C(O[C@@H]1[C@@H](OC(=O)c2ccccc2)[C@H](SC2=NCCS2)O[C@H](CO[C@H]2O[C@H](COCc3ccccc3)[C@@H](OCc3ccccc3)[C@H](OCc3ccccc3)[C@H]2OCc2ccccc2)[C@H]1OC(=O)c1ccccc1)c1ccccc1. The molecule has 0 N–H and O–H groups in total. The average molecular weight is 1120 g/mol. The van der Waals surface area contributed by atoms with E-state index in [0.29, 0.717) is 10.9 Å². The lowest BCUT2D eigenvalue weighted by molar-refractivity contribution is -0.335. The quantitative estimate of drug-likeness (QED) is 0.0440. The van der Waals surface area contributed by atoms with Gasteiger partial charge in [0.1, 0.15) is 34.9 Å². The number of hydrogen-bond donors (Lipinski definition) is 0. The molecule has 10 rings (SSSR count). The Kier molecular flexibility index (Phi) is 20.4. The van der Waals surface area contributed by atoms with Crippen molar-refractivity contribution in [3.05, 3.63) is 251 Å². The molecule has 0 saturated carbocycles. The van der Waals surface area contributed by atoms with Crippen LogP contribution in [0.5, 0.6) is 0 Å². The van der Waals surface area contributed by atoms with Crippen molar-refractivity contribution in [3.8, 4) is 0 Å². The second kappa shape index (κ2) is 29.0. The molecule has 0 bridgehead atoms. The van der Waals surface area contributed by atoms with Gasteiger partial charge in [-0.25, -0.2) is 14.4 Å². The van der Waals surface area contributed by atoms with Crippen molar-refractivity contribution in [2.24, 2.45) is 4.99 Å². The first-order chi connectivity index (χ1) is 39.4. The number of aliphatic imine (C=N–C) groups is 1. The zero-order valence-corrected chi connectivity index (χ0v) is 45.3. The van der Waals surface area contributed by atoms with Crippen molar-refractivity contribution < 1.29 is 61.8 Å². The first-order valence-electron chi connectivity index (χ1n) is 26.5. The Morgan fingerprint density at radius 2 is 0.825 bits per heavy atom. The Bertz CT molecular complexity index is 3040. The van der Waals surface area contributed by atoms with E-state index >= 15 is 0 Å². The molecular weight excluding hydrogens is 1050 g/mol. The molecule has 0 aliphatic carbocycles. The summed E-state index contributed by atoms with van der Waals surface area (Å²) >= 11 is 2.74. The lowest BCUT2D eigenvalue weighted by Gasteiger charge is -2.47. The number of nitrogens with zero attached hydrogens (tertiary/aromatic N) is 1. The first kappa shape index (κ1) is 56.3. The van der Waals surface area contributed by atoms with Gasteiger partial charge in [-0.2, -0.15) is 0 Å². The molecule has 412 valence electrons. The van der Waals surface area contributed by atoms with E-state index in [1.165, 1.54) is 23.5 Å². The third-order valence-electron chi connectivity index (χ3n) is 13.4. The highest BCUT2D eigenvalue weighted by Crippen LogP contribution is 2.40. The van der Waals surface area contributed by atoms with Crippen LogP contribution in [0, 0.1) is 0 Å². The molecule has 3 aliphatic rings. The van der Waals surface area contributed by atoms with Crippen LogP contribution in [-0.2, 0) is 73.8 Å². The second-order valence-corrected chi connectivity index (χ2v) is 21.5. The van der Waals surface area contributed by atoms with Crippen molar-refractivity contribution >= 4 is 45.8 Å². The van der Waals surface area contributed by atoms with Gasteiger partial charge in [0.25, 0.3) is 0 Å². The fourth-order valence-electron chi connectivity index (χ4n) is 9.36. The highest BCUT2D eigenvalue weighted by Gasteiger charge is 2.55. The number of carbonyl (C=O) groups is 3. The molecule has 3 aliphatic heterocycles. The van der Waals surface area contributed by atoms with Gasteiger partial charge in [-0.1, -0.05) is 199 Å². The lowest BCUT2D eigenvalue weighted by atomic mass is 9.97. The van der Waals surface area contributed by atoms with Crippen LogP contribution in [-0.4, -0.2) is 108 Å². The zero-order valence-electron chi connectivity index (χ0n) is 43.7. The molecule has 7 aromatic rings. The summed E-state index contributed by atoms with van der Waals surface area (Å²) in [6, 6.07) is 64.5. The molecule has 0 amide bonds. The van der Waals surface area contributed by atoms with Crippen molar-refractivity contribution in [2.75, 3.05) is 25.5 Å². The van der Waals surface area contributed by atoms with E-state index in [-0.39, 0.29) is 56.3 Å². The molecule has 2 fully saturated rings. The molecule has 0 aromatic heterocycles. The summed E-state index contributed by atoms with van der Waals surface area (Å²) in [5.41, 5.74) is 3.32. The van der Waals surface area contributed by atoms with Gasteiger partial charge < -0.3 is 47.4 Å². The molecule has 16 heteroatoms. The van der Waals surface area contributed by atoms with Gasteiger partial charge in [0, 0.05) is 5.75 Å². The Hall–Kier alpha value is -6.96. The number of hydrogen-bond acceptors (Lipinski definition) is 16. The summed E-state index contributed by atoms with van der Waals surface area (Å²) < 4.78 is 68.4. The lowest BCUT2D eigenvalue weighted by Crippen LogP contribution is -2.64. The summed E-state index contributed by atoms with van der Waals surface area (Å²) in [7, 11) is 0. The highest BCUT2D eigenvalue weighted by molar-refractivity contribution is 8.39. The van der Waals surface area contributed by atoms with E-state index in [0.717, 1.165) is 28.0 Å². The van der Waals surface area contributed by atoms with Crippen LogP contribution in [0.2, 0.25) is 0 Å². The van der Waals surface area contributed by atoms with Gasteiger partial charge in [-0.05, 0) is 58.7 Å². The van der Waals surface area contributed by atoms with Crippen molar-refractivity contribution in [2.45, 2.75) is 87.0 Å². The summed E-state index contributed by atoms with van der Waals surface area (Å²) in [6.45, 7) is 1.12.